The molecule has 0 aromatic heterocycles. The number of carbonyl (C=O) groups excluding carboxylic acids is 1. The molecule has 0 aliphatic heterocycles. The van der Waals surface area contributed by atoms with Gasteiger partial charge in [-0.15, -0.1) is 0 Å². The van der Waals surface area contributed by atoms with Crippen molar-refractivity contribution in [3.8, 4) is 0 Å². The van der Waals surface area contributed by atoms with Crippen molar-refractivity contribution in [2.45, 2.75) is 39.5 Å². The fourth-order valence-corrected chi connectivity index (χ4v) is 1.67. The van der Waals surface area contributed by atoms with E-state index in [0.29, 0.717) is 5.69 Å². The van der Waals surface area contributed by atoms with Gasteiger partial charge < -0.3 is 10.4 Å². The predicted octanol–water partition coefficient (Wildman–Crippen LogP) is 3.03. The highest BCUT2D eigenvalue weighted by Crippen LogP contribution is 2.23. The topological polar surface area (TPSA) is 66.4 Å². The molecule has 0 aliphatic carbocycles. The van der Waals surface area contributed by atoms with E-state index >= 15 is 0 Å². The van der Waals surface area contributed by atoms with Crippen LogP contribution in [-0.4, -0.2) is 17.0 Å². The Bertz CT molecular complexity index is 457. The van der Waals surface area contributed by atoms with E-state index in [-0.39, 0.29) is 17.7 Å². The monoisotopic (exact) mass is 263 g/mol. The largest absolute Gasteiger partial charge is 0.481 e. The summed E-state index contributed by atoms with van der Waals surface area (Å²) in [6.07, 6.45) is -0.161. The molecule has 0 fully saturated rings. The number of carbonyl (C=O) groups is 2. The second-order valence-corrected chi connectivity index (χ2v) is 5.82. The number of anilines is 1. The van der Waals surface area contributed by atoms with Crippen molar-refractivity contribution in [2.75, 3.05) is 5.32 Å². The first-order valence-corrected chi connectivity index (χ1v) is 6.33. The van der Waals surface area contributed by atoms with Gasteiger partial charge in [0.2, 0.25) is 5.91 Å². The summed E-state index contributed by atoms with van der Waals surface area (Å²) < 4.78 is 0. The SMILES string of the molecule is CC(CC(=O)O)C(=O)Nc1ccc(C(C)(C)C)cc1. The normalized spacial score (nSPS) is 12.8. The summed E-state index contributed by atoms with van der Waals surface area (Å²) in [5.74, 6) is -1.78. The number of benzene rings is 1. The summed E-state index contributed by atoms with van der Waals surface area (Å²) >= 11 is 0. The minimum Gasteiger partial charge on any atom is -0.481 e. The van der Waals surface area contributed by atoms with Crippen molar-refractivity contribution in [3.63, 3.8) is 0 Å². The van der Waals surface area contributed by atoms with Crippen LogP contribution >= 0.6 is 0 Å². The fraction of sp³-hybridized carbons (Fsp3) is 0.467. The van der Waals surface area contributed by atoms with Gasteiger partial charge in [0.15, 0.2) is 0 Å². The molecular formula is C15H21NO3. The van der Waals surface area contributed by atoms with E-state index in [0.717, 1.165) is 0 Å². The van der Waals surface area contributed by atoms with E-state index in [1.54, 1.807) is 6.92 Å². The Morgan fingerprint density at radius 2 is 1.74 bits per heavy atom. The van der Waals surface area contributed by atoms with Gasteiger partial charge in [0.1, 0.15) is 0 Å². The first kappa shape index (κ1) is 15.2. The zero-order chi connectivity index (χ0) is 14.6. The quantitative estimate of drug-likeness (QED) is 0.877. The average Bonchev–Trinajstić information content (AvgIpc) is 2.27. The molecule has 0 spiro atoms. The van der Waals surface area contributed by atoms with Crippen molar-refractivity contribution in [1.29, 1.82) is 0 Å². The molecule has 0 radical (unpaired) electrons. The Hall–Kier alpha value is -1.84. The molecular weight excluding hydrogens is 242 g/mol. The van der Waals surface area contributed by atoms with Crippen LogP contribution in [0.4, 0.5) is 5.69 Å². The van der Waals surface area contributed by atoms with Crippen molar-refractivity contribution in [1.82, 2.24) is 0 Å². The van der Waals surface area contributed by atoms with Gasteiger partial charge in [-0.2, -0.15) is 0 Å². The maximum Gasteiger partial charge on any atom is 0.304 e. The highest BCUT2D eigenvalue weighted by Gasteiger charge is 2.17. The zero-order valence-corrected chi connectivity index (χ0v) is 11.9. The number of amides is 1. The van der Waals surface area contributed by atoms with Crippen LogP contribution in [0.25, 0.3) is 0 Å². The molecule has 4 heteroatoms. The van der Waals surface area contributed by atoms with E-state index in [9.17, 15) is 9.59 Å². The molecule has 1 atom stereocenters. The van der Waals surface area contributed by atoms with Gasteiger partial charge in [-0.25, -0.2) is 0 Å². The van der Waals surface area contributed by atoms with E-state index in [2.05, 4.69) is 26.1 Å². The van der Waals surface area contributed by atoms with E-state index < -0.39 is 11.9 Å². The molecule has 1 aromatic rings. The summed E-state index contributed by atoms with van der Waals surface area (Å²) in [5, 5.41) is 11.4. The molecule has 1 rings (SSSR count). The van der Waals surface area contributed by atoms with Crippen molar-refractivity contribution < 1.29 is 14.7 Å². The Morgan fingerprint density at radius 1 is 1.21 bits per heavy atom. The lowest BCUT2D eigenvalue weighted by Gasteiger charge is -2.19. The Labute approximate surface area is 113 Å². The van der Waals surface area contributed by atoms with Gasteiger partial charge in [-0.3, -0.25) is 9.59 Å². The molecule has 4 nitrogen and oxygen atoms in total. The zero-order valence-electron chi connectivity index (χ0n) is 11.9. The molecule has 2 N–H and O–H groups in total. The van der Waals surface area contributed by atoms with Crippen LogP contribution in [0, 0.1) is 5.92 Å². The smallest absolute Gasteiger partial charge is 0.304 e. The number of hydrogen-bond donors (Lipinski definition) is 2. The van der Waals surface area contributed by atoms with Crippen molar-refractivity contribution >= 4 is 17.6 Å². The van der Waals surface area contributed by atoms with Crippen LogP contribution in [0.15, 0.2) is 24.3 Å². The summed E-state index contributed by atoms with van der Waals surface area (Å²) in [5.41, 5.74) is 1.94. The van der Waals surface area contributed by atoms with Gasteiger partial charge in [0, 0.05) is 11.6 Å². The summed E-state index contributed by atoms with van der Waals surface area (Å²) in [6, 6.07) is 7.62. The van der Waals surface area contributed by atoms with Crippen LogP contribution in [0.2, 0.25) is 0 Å². The maximum atomic E-state index is 11.8. The van der Waals surface area contributed by atoms with Crippen LogP contribution < -0.4 is 5.32 Å². The van der Waals surface area contributed by atoms with E-state index in [1.807, 2.05) is 24.3 Å². The first-order valence-electron chi connectivity index (χ1n) is 6.33. The highest BCUT2D eigenvalue weighted by molar-refractivity contribution is 5.94. The fourth-order valence-electron chi connectivity index (χ4n) is 1.67. The molecule has 1 amide bonds. The predicted molar refractivity (Wildman–Crippen MR) is 75.2 cm³/mol. The van der Waals surface area contributed by atoms with Gasteiger partial charge in [-0.05, 0) is 23.1 Å². The molecule has 0 bridgehead atoms. The number of rotatable bonds is 4. The second-order valence-electron chi connectivity index (χ2n) is 5.82. The number of carboxylic acids is 1. The van der Waals surface area contributed by atoms with Crippen LogP contribution in [0.5, 0.6) is 0 Å². The lowest BCUT2D eigenvalue weighted by molar-refractivity contribution is -0.139. The first-order chi connectivity index (χ1) is 8.70. The van der Waals surface area contributed by atoms with Gasteiger partial charge in [0.25, 0.3) is 0 Å². The average molecular weight is 263 g/mol. The van der Waals surface area contributed by atoms with E-state index in [4.69, 9.17) is 5.11 Å². The summed E-state index contributed by atoms with van der Waals surface area (Å²) in [7, 11) is 0. The molecule has 0 saturated heterocycles. The Morgan fingerprint density at radius 3 is 2.16 bits per heavy atom. The summed E-state index contributed by atoms with van der Waals surface area (Å²) in [4.78, 5) is 22.3. The number of carboxylic acid groups (broad SMARTS) is 1. The Balaban J connectivity index is 2.68. The molecule has 1 aromatic carbocycles. The number of aliphatic carboxylic acids is 1. The van der Waals surface area contributed by atoms with Crippen molar-refractivity contribution in [3.05, 3.63) is 29.8 Å². The minimum atomic E-state index is -0.967. The Kier molecular flexibility index (Phi) is 4.70. The maximum absolute atomic E-state index is 11.8. The standard InChI is InChI=1S/C15H21NO3/c1-10(9-13(17)18)14(19)16-12-7-5-11(6-8-12)15(2,3)4/h5-8,10H,9H2,1-4H3,(H,16,19)(H,17,18). The molecule has 1 unspecified atom stereocenters. The third-order valence-corrected chi connectivity index (χ3v) is 2.95. The van der Waals surface area contributed by atoms with Gasteiger partial charge in [0.05, 0.1) is 6.42 Å². The van der Waals surface area contributed by atoms with Crippen LogP contribution in [0.1, 0.15) is 39.7 Å². The van der Waals surface area contributed by atoms with Gasteiger partial charge >= 0.3 is 5.97 Å². The molecule has 104 valence electrons. The third-order valence-electron chi connectivity index (χ3n) is 2.95. The molecule has 0 heterocycles. The van der Waals surface area contributed by atoms with Crippen LogP contribution in [-0.2, 0) is 15.0 Å². The molecule has 0 saturated carbocycles. The van der Waals surface area contributed by atoms with E-state index in [1.165, 1.54) is 5.56 Å². The summed E-state index contributed by atoms with van der Waals surface area (Å²) in [6.45, 7) is 7.97. The third kappa shape index (κ3) is 4.73. The minimum absolute atomic E-state index is 0.0686. The van der Waals surface area contributed by atoms with Gasteiger partial charge in [-0.1, -0.05) is 39.8 Å². The lowest BCUT2D eigenvalue weighted by Crippen LogP contribution is -2.22. The second kappa shape index (κ2) is 5.87. The lowest BCUT2D eigenvalue weighted by atomic mass is 9.87. The van der Waals surface area contributed by atoms with Crippen LogP contribution in [0.3, 0.4) is 0 Å². The van der Waals surface area contributed by atoms with Crippen molar-refractivity contribution in [2.24, 2.45) is 5.92 Å². The molecule has 19 heavy (non-hydrogen) atoms. The highest BCUT2D eigenvalue weighted by atomic mass is 16.4. The number of nitrogens with one attached hydrogen (secondary N) is 1. The molecule has 0 aliphatic rings. The number of hydrogen-bond acceptors (Lipinski definition) is 2.